The summed E-state index contributed by atoms with van der Waals surface area (Å²) in [5.74, 6) is -0.00943. The summed E-state index contributed by atoms with van der Waals surface area (Å²) < 4.78 is 0. The first-order valence-electron chi connectivity index (χ1n) is 6.35. The number of carbonyl (C=O) groups is 1. The van der Waals surface area contributed by atoms with E-state index in [9.17, 15) is 4.79 Å². The van der Waals surface area contributed by atoms with Gasteiger partial charge in [0, 0.05) is 18.8 Å². The fourth-order valence-corrected chi connectivity index (χ4v) is 2.52. The maximum atomic E-state index is 12.4. The summed E-state index contributed by atoms with van der Waals surface area (Å²) in [5.41, 5.74) is 6.07. The average molecular weight is 341 g/mol. The summed E-state index contributed by atoms with van der Waals surface area (Å²) in [6, 6.07) is 3.64. The Labute approximate surface area is 136 Å². The lowest BCUT2D eigenvalue weighted by atomic mass is 9.99. The van der Waals surface area contributed by atoms with Gasteiger partial charge in [-0.1, -0.05) is 11.6 Å². The van der Waals surface area contributed by atoms with E-state index in [0.29, 0.717) is 17.3 Å². The molecule has 20 heavy (non-hydrogen) atoms. The first-order valence-corrected chi connectivity index (χ1v) is 6.73. The molecule has 0 radical (unpaired) electrons. The van der Waals surface area contributed by atoms with E-state index < -0.39 is 0 Å². The molecule has 1 aliphatic rings. The molecular formula is C13H20Cl3N3O. The Morgan fingerprint density at radius 3 is 2.75 bits per heavy atom. The maximum Gasteiger partial charge on any atom is 0.272 e. The molecule has 1 aromatic rings. The highest BCUT2D eigenvalue weighted by Crippen LogP contribution is 2.21. The molecular weight excluding hydrogens is 321 g/mol. The Bertz CT molecular complexity index is 412. The van der Waals surface area contributed by atoms with E-state index in [1.807, 2.05) is 4.90 Å². The van der Waals surface area contributed by atoms with Gasteiger partial charge in [-0.2, -0.15) is 0 Å². The predicted octanol–water partition coefficient (Wildman–Crippen LogP) is 2.92. The molecule has 0 saturated carbocycles. The van der Waals surface area contributed by atoms with Crippen LogP contribution >= 0.6 is 36.4 Å². The highest BCUT2D eigenvalue weighted by molar-refractivity contribution is 6.30. The minimum absolute atomic E-state index is 0. The van der Waals surface area contributed by atoms with Gasteiger partial charge >= 0.3 is 0 Å². The number of likely N-dealkylation sites (tertiary alicyclic amines) is 1. The number of piperidine rings is 1. The zero-order valence-corrected chi connectivity index (χ0v) is 13.5. The molecule has 0 bridgehead atoms. The van der Waals surface area contributed by atoms with Gasteiger partial charge in [0.1, 0.15) is 5.69 Å². The number of carbonyl (C=O) groups excluding carboxylic acids is 1. The fraction of sp³-hybridized carbons (Fsp3) is 0.538. The molecule has 0 spiro atoms. The van der Waals surface area contributed by atoms with Crippen LogP contribution in [0.3, 0.4) is 0 Å². The number of nitrogens with zero attached hydrogens (tertiary/aromatic N) is 2. The molecule has 7 heteroatoms. The van der Waals surface area contributed by atoms with Gasteiger partial charge in [-0.15, -0.1) is 24.8 Å². The third kappa shape index (κ3) is 4.77. The third-order valence-electron chi connectivity index (χ3n) is 3.33. The second-order valence-corrected chi connectivity index (χ2v) is 5.02. The summed E-state index contributed by atoms with van der Waals surface area (Å²) >= 11 is 5.78. The van der Waals surface area contributed by atoms with Crippen molar-refractivity contribution < 1.29 is 4.79 Å². The molecule has 0 aliphatic carbocycles. The molecule has 1 atom stereocenters. The average Bonchev–Trinajstić information content (AvgIpc) is 2.40. The Kier molecular flexibility index (Phi) is 9.14. The SMILES string of the molecule is Cl.Cl.NCCC1CCCCN1C(=O)c1ccc(Cl)cn1. The van der Waals surface area contributed by atoms with Crippen LogP contribution in [0.4, 0.5) is 0 Å². The summed E-state index contributed by atoms with van der Waals surface area (Å²) in [7, 11) is 0. The first kappa shape index (κ1) is 19.4. The standard InChI is InChI=1S/C13H18ClN3O.2ClH/c14-10-4-5-12(16-9-10)13(18)17-8-2-1-3-11(17)6-7-15;;/h4-5,9,11H,1-3,6-8,15H2;2*1H. The topological polar surface area (TPSA) is 59.2 Å². The number of halogens is 3. The van der Waals surface area contributed by atoms with Crippen LogP contribution in [0.1, 0.15) is 36.2 Å². The van der Waals surface area contributed by atoms with Crippen LogP contribution < -0.4 is 5.73 Å². The quantitative estimate of drug-likeness (QED) is 0.920. The number of hydrogen-bond acceptors (Lipinski definition) is 3. The van der Waals surface area contributed by atoms with Crippen molar-refractivity contribution in [1.29, 1.82) is 0 Å². The zero-order valence-electron chi connectivity index (χ0n) is 11.1. The van der Waals surface area contributed by atoms with E-state index in [4.69, 9.17) is 17.3 Å². The van der Waals surface area contributed by atoms with E-state index in [2.05, 4.69) is 4.98 Å². The van der Waals surface area contributed by atoms with Gasteiger partial charge < -0.3 is 10.6 Å². The van der Waals surface area contributed by atoms with Gasteiger partial charge in [0.15, 0.2) is 0 Å². The molecule has 2 heterocycles. The second kappa shape index (κ2) is 9.40. The number of pyridine rings is 1. The number of rotatable bonds is 3. The molecule has 0 aromatic carbocycles. The molecule has 1 aromatic heterocycles. The van der Waals surface area contributed by atoms with Crippen LogP contribution in [0.2, 0.25) is 5.02 Å². The van der Waals surface area contributed by atoms with Crippen LogP contribution in [0.25, 0.3) is 0 Å². The van der Waals surface area contributed by atoms with Gasteiger partial charge in [-0.05, 0) is 44.4 Å². The molecule has 114 valence electrons. The maximum absolute atomic E-state index is 12.4. The number of aromatic nitrogens is 1. The molecule has 4 nitrogen and oxygen atoms in total. The van der Waals surface area contributed by atoms with Crippen LogP contribution in [0.15, 0.2) is 18.3 Å². The van der Waals surface area contributed by atoms with Gasteiger partial charge in [-0.25, -0.2) is 4.98 Å². The van der Waals surface area contributed by atoms with Crippen LogP contribution in [-0.4, -0.2) is 34.9 Å². The predicted molar refractivity (Wildman–Crippen MR) is 86.1 cm³/mol. The van der Waals surface area contributed by atoms with E-state index in [0.717, 1.165) is 25.8 Å². The molecule has 1 fully saturated rings. The summed E-state index contributed by atoms with van der Waals surface area (Å²) in [6.45, 7) is 1.41. The molecule has 2 N–H and O–H groups in total. The molecule has 1 aliphatic heterocycles. The number of hydrogen-bond donors (Lipinski definition) is 1. The summed E-state index contributed by atoms with van der Waals surface area (Å²) in [4.78, 5) is 18.4. The van der Waals surface area contributed by atoms with Crippen molar-refractivity contribution in [3.05, 3.63) is 29.0 Å². The third-order valence-corrected chi connectivity index (χ3v) is 3.56. The van der Waals surface area contributed by atoms with Gasteiger partial charge in [0.25, 0.3) is 5.91 Å². The van der Waals surface area contributed by atoms with Crippen molar-refractivity contribution in [2.75, 3.05) is 13.1 Å². The molecule has 1 amide bonds. The smallest absolute Gasteiger partial charge is 0.272 e. The van der Waals surface area contributed by atoms with Crippen molar-refractivity contribution in [1.82, 2.24) is 9.88 Å². The fourth-order valence-electron chi connectivity index (χ4n) is 2.41. The van der Waals surface area contributed by atoms with E-state index in [1.54, 1.807) is 12.1 Å². The highest BCUT2D eigenvalue weighted by Gasteiger charge is 2.27. The van der Waals surface area contributed by atoms with Gasteiger partial charge in [0.05, 0.1) is 5.02 Å². The Balaban J connectivity index is 0.00000180. The summed E-state index contributed by atoms with van der Waals surface area (Å²) in [6.07, 6.45) is 5.63. The Hall–Kier alpha value is -0.550. The second-order valence-electron chi connectivity index (χ2n) is 4.59. The van der Waals surface area contributed by atoms with Crippen molar-refractivity contribution in [3.8, 4) is 0 Å². The zero-order chi connectivity index (χ0) is 13.0. The monoisotopic (exact) mass is 339 g/mol. The molecule has 2 rings (SSSR count). The van der Waals surface area contributed by atoms with E-state index in [1.165, 1.54) is 12.6 Å². The normalized spacial score (nSPS) is 17.9. The Morgan fingerprint density at radius 1 is 1.40 bits per heavy atom. The van der Waals surface area contributed by atoms with Gasteiger partial charge in [-0.3, -0.25) is 4.79 Å². The van der Waals surface area contributed by atoms with Crippen LogP contribution in [-0.2, 0) is 0 Å². The lowest BCUT2D eigenvalue weighted by Gasteiger charge is -2.35. The first-order chi connectivity index (χ1) is 8.72. The minimum atomic E-state index is -0.00943. The number of nitrogens with two attached hydrogens (primary N) is 1. The van der Waals surface area contributed by atoms with Crippen LogP contribution in [0, 0.1) is 0 Å². The molecule has 1 unspecified atom stereocenters. The van der Waals surface area contributed by atoms with Crippen molar-refractivity contribution >= 4 is 42.3 Å². The van der Waals surface area contributed by atoms with Crippen LogP contribution in [0.5, 0.6) is 0 Å². The summed E-state index contributed by atoms with van der Waals surface area (Å²) in [5, 5.41) is 0.545. The Morgan fingerprint density at radius 2 is 2.15 bits per heavy atom. The van der Waals surface area contributed by atoms with Gasteiger partial charge in [0.2, 0.25) is 0 Å². The largest absolute Gasteiger partial charge is 0.334 e. The lowest BCUT2D eigenvalue weighted by Crippen LogP contribution is -2.44. The van der Waals surface area contributed by atoms with Crippen molar-refractivity contribution in [2.45, 2.75) is 31.7 Å². The van der Waals surface area contributed by atoms with E-state index in [-0.39, 0.29) is 36.8 Å². The van der Waals surface area contributed by atoms with E-state index >= 15 is 0 Å². The van der Waals surface area contributed by atoms with Crippen molar-refractivity contribution in [3.63, 3.8) is 0 Å². The highest BCUT2D eigenvalue weighted by atomic mass is 35.5. The molecule has 1 saturated heterocycles. The van der Waals surface area contributed by atoms with Crippen molar-refractivity contribution in [2.24, 2.45) is 5.73 Å². The number of amides is 1. The minimum Gasteiger partial charge on any atom is -0.334 e. The lowest BCUT2D eigenvalue weighted by molar-refractivity contribution is 0.0599.